The number of aryl methyl sites for hydroxylation is 1. The lowest BCUT2D eigenvalue weighted by molar-refractivity contribution is 0.327. The Morgan fingerprint density at radius 1 is 1.38 bits per heavy atom. The van der Waals surface area contributed by atoms with E-state index in [0.717, 1.165) is 37.1 Å². The molecule has 2 atom stereocenters. The predicted molar refractivity (Wildman–Crippen MR) is 82.4 cm³/mol. The SMILES string of the molecule is CCNCc1c(S(=O)(=O)NC2CCCC(C)C2)n[nH]c1C. The van der Waals surface area contributed by atoms with Gasteiger partial charge in [-0.05, 0) is 32.2 Å². The van der Waals surface area contributed by atoms with Gasteiger partial charge in [0.05, 0.1) is 0 Å². The second-order valence-corrected chi connectivity index (χ2v) is 7.63. The van der Waals surface area contributed by atoms with Crippen molar-refractivity contribution in [2.75, 3.05) is 6.54 Å². The third kappa shape index (κ3) is 4.05. The predicted octanol–water partition coefficient (Wildman–Crippen LogP) is 1.68. The molecule has 6 nitrogen and oxygen atoms in total. The maximum absolute atomic E-state index is 12.6. The number of nitrogens with zero attached hydrogens (tertiary/aromatic N) is 1. The van der Waals surface area contributed by atoms with E-state index in [-0.39, 0.29) is 11.1 Å². The highest BCUT2D eigenvalue weighted by Crippen LogP contribution is 2.25. The molecule has 2 rings (SSSR count). The lowest BCUT2D eigenvalue weighted by Gasteiger charge is -2.27. The van der Waals surface area contributed by atoms with Gasteiger partial charge in [-0.25, -0.2) is 13.1 Å². The lowest BCUT2D eigenvalue weighted by atomic mass is 9.88. The quantitative estimate of drug-likeness (QED) is 0.745. The van der Waals surface area contributed by atoms with Crippen LogP contribution in [0.5, 0.6) is 0 Å². The molecule has 7 heteroatoms. The molecule has 2 unspecified atom stereocenters. The molecule has 0 aliphatic heterocycles. The number of rotatable bonds is 6. The van der Waals surface area contributed by atoms with Crippen molar-refractivity contribution in [2.24, 2.45) is 5.92 Å². The molecule has 0 saturated heterocycles. The van der Waals surface area contributed by atoms with E-state index in [4.69, 9.17) is 0 Å². The van der Waals surface area contributed by atoms with E-state index in [1.807, 2.05) is 13.8 Å². The van der Waals surface area contributed by atoms with Crippen molar-refractivity contribution in [3.8, 4) is 0 Å². The van der Waals surface area contributed by atoms with Gasteiger partial charge in [0.25, 0.3) is 10.0 Å². The van der Waals surface area contributed by atoms with Crippen molar-refractivity contribution >= 4 is 10.0 Å². The van der Waals surface area contributed by atoms with Crippen LogP contribution in [0.1, 0.15) is 50.8 Å². The molecule has 0 radical (unpaired) electrons. The van der Waals surface area contributed by atoms with Crippen molar-refractivity contribution in [1.29, 1.82) is 0 Å². The number of hydrogen-bond donors (Lipinski definition) is 3. The van der Waals surface area contributed by atoms with E-state index in [1.54, 1.807) is 0 Å². The van der Waals surface area contributed by atoms with Crippen LogP contribution in [0.25, 0.3) is 0 Å². The fourth-order valence-electron chi connectivity index (χ4n) is 2.93. The highest BCUT2D eigenvalue weighted by atomic mass is 32.2. The number of H-pyrrole nitrogens is 1. The highest BCUT2D eigenvalue weighted by molar-refractivity contribution is 7.89. The van der Waals surface area contributed by atoms with Gasteiger partial charge in [0.2, 0.25) is 0 Å². The summed E-state index contributed by atoms with van der Waals surface area (Å²) in [5.41, 5.74) is 1.53. The first-order chi connectivity index (χ1) is 9.94. The fraction of sp³-hybridized carbons (Fsp3) is 0.786. The monoisotopic (exact) mass is 314 g/mol. The Labute approximate surface area is 127 Å². The molecule has 1 aliphatic rings. The van der Waals surface area contributed by atoms with Crippen molar-refractivity contribution in [3.05, 3.63) is 11.3 Å². The van der Waals surface area contributed by atoms with Gasteiger partial charge in [-0.1, -0.05) is 26.7 Å². The molecule has 1 heterocycles. The Morgan fingerprint density at radius 3 is 2.81 bits per heavy atom. The number of nitrogens with one attached hydrogen (secondary N) is 3. The molecule has 1 aromatic rings. The molecule has 0 bridgehead atoms. The van der Waals surface area contributed by atoms with Crippen LogP contribution in [0, 0.1) is 12.8 Å². The average Bonchev–Trinajstić information content (AvgIpc) is 2.78. The summed E-state index contributed by atoms with van der Waals surface area (Å²) in [6.07, 6.45) is 4.09. The summed E-state index contributed by atoms with van der Waals surface area (Å²) in [5.74, 6) is 0.577. The summed E-state index contributed by atoms with van der Waals surface area (Å²) in [6, 6.07) is 0.0303. The van der Waals surface area contributed by atoms with Gasteiger partial charge in [-0.2, -0.15) is 5.10 Å². The molecule has 1 aliphatic carbocycles. The van der Waals surface area contributed by atoms with Crippen LogP contribution in [-0.4, -0.2) is 31.2 Å². The molecule has 1 aromatic heterocycles. The van der Waals surface area contributed by atoms with Crippen LogP contribution >= 0.6 is 0 Å². The van der Waals surface area contributed by atoms with Crippen LogP contribution in [0.15, 0.2) is 5.03 Å². The largest absolute Gasteiger partial charge is 0.313 e. The number of aromatic nitrogens is 2. The van der Waals surface area contributed by atoms with Crippen LogP contribution < -0.4 is 10.0 Å². The van der Waals surface area contributed by atoms with E-state index in [1.165, 1.54) is 6.42 Å². The van der Waals surface area contributed by atoms with Gasteiger partial charge in [0.1, 0.15) is 0 Å². The van der Waals surface area contributed by atoms with Gasteiger partial charge >= 0.3 is 0 Å². The van der Waals surface area contributed by atoms with Gasteiger partial charge in [0, 0.05) is 23.8 Å². The lowest BCUT2D eigenvalue weighted by Crippen LogP contribution is -2.38. The van der Waals surface area contributed by atoms with Crippen LogP contribution in [0.3, 0.4) is 0 Å². The second-order valence-electron chi connectivity index (χ2n) is 6.00. The van der Waals surface area contributed by atoms with Gasteiger partial charge in [0.15, 0.2) is 5.03 Å². The summed E-state index contributed by atoms with van der Waals surface area (Å²) < 4.78 is 28.0. The van der Waals surface area contributed by atoms with Crippen molar-refractivity contribution < 1.29 is 8.42 Å². The minimum absolute atomic E-state index is 0.0303. The Kier molecular flexibility index (Phi) is 5.40. The molecule has 0 aromatic carbocycles. The minimum atomic E-state index is -3.56. The molecule has 21 heavy (non-hydrogen) atoms. The standard InChI is InChI=1S/C14H26N4O2S/c1-4-15-9-13-11(3)16-17-14(13)21(19,20)18-12-7-5-6-10(2)8-12/h10,12,15,18H,4-9H2,1-3H3,(H,16,17). The molecule has 120 valence electrons. The Morgan fingerprint density at radius 2 is 2.14 bits per heavy atom. The maximum Gasteiger partial charge on any atom is 0.260 e. The molecular formula is C14H26N4O2S. The molecule has 1 saturated carbocycles. The highest BCUT2D eigenvalue weighted by Gasteiger charge is 2.28. The third-order valence-electron chi connectivity index (χ3n) is 4.10. The molecule has 1 fully saturated rings. The van der Waals surface area contributed by atoms with E-state index >= 15 is 0 Å². The van der Waals surface area contributed by atoms with Crippen LogP contribution in [0.2, 0.25) is 0 Å². The van der Waals surface area contributed by atoms with Crippen molar-refractivity contribution in [3.63, 3.8) is 0 Å². The first-order valence-electron chi connectivity index (χ1n) is 7.71. The number of hydrogen-bond acceptors (Lipinski definition) is 4. The van der Waals surface area contributed by atoms with Gasteiger partial charge in [-0.3, -0.25) is 5.10 Å². The first kappa shape index (κ1) is 16.5. The van der Waals surface area contributed by atoms with Crippen molar-refractivity contribution in [2.45, 2.75) is 64.1 Å². The smallest absolute Gasteiger partial charge is 0.260 e. The van der Waals surface area contributed by atoms with Crippen LogP contribution in [0.4, 0.5) is 0 Å². The van der Waals surface area contributed by atoms with Gasteiger partial charge < -0.3 is 5.32 Å². The van der Waals surface area contributed by atoms with E-state index < -0.39 is 10.0 Å². The Bertz CT molecular complexity index is 568. The zero-order valence-corrected chi connectivity index (χ0v) is 13.9. The zero-order valence-electron chi connectivity index (χ0n) is 13.1. The second kappa shape index (κ2) is 6.89. The van der Waals surface area contributed by atoms with Crippen molar-refractivity contribution in [1.82, 2.24) is 20.2 Å². The third-order valence-corrected chi connectivity index (χ3v) is 5.59. The van der Waals surface area contributed by atoms with Gasteiger partial charge in [-0.15, -0.1) is 0 Å². The average molecular weight is 314 g/mol. The molecular weight excluding hydrogens is 288 g/mol. The molecule has 3 N–H and O–H groups in total. The number of sulfonamides is 1. The maximum atomic E-state index is 12.6. The Balaban J connectivity index is 2.15. The van der Waals surface area contributed by atoms with E-state index in [9.17, 15) is 8.42 Å². The first-order valence-corrected chi connectivity index (χ1v) is 9.19. The Hall–Kier alpha value is -0.920. The van der Waals surface area contributed by atoms with E-state index in [0.29, 0.717) is 12.5 Å². The zero-order chi connectivity index (χ0) is 15.5. The molecule has 0 amide bonds. The minimum Gasteiger partial charge on any atom is -0.313 e. The number of aromatic amines is 1. The fourth-order valence-corrected chi connectivity index (χ4v) is 4.41. The summed E-state index contributed by atoms with van der Waals surface area (Å²) in [5, 5.41) is 10.1. The topological polar surface area (TPSA) is 86.9 Å². The summed E-state index contributed by atoms with van der Waals surface area (Å²) in [6.45, 7) is 7.32. The summed E-state index contributed by atoms with van der Waals surface area (Å²) in [7, 11) is -3.56. The van der Waals surface area contributed by atoms with E-state index in [2.05, 4.69) is 27.2 Å². The van der Waals surface area contributed by atoms with Crippen LogP contribution in [-0.2, 0) is 16.6 Å². The normalized spacial score (nSPS) is 23.4. The summed E-state index contributed by atoms with van der Waals surface area (Å²) in [4.78, 5) is 0. The summed E-state index contributed by atoms with van der Waals surface area (Å²) >= 11 is 0. The molecule has 0 spiro atoms.